The fourth-order valence-electron chi connectivity index (χ4n) is 2.63. The molecule has 0 bridgehead atoms. The Balaban J connectivity index is 1.84. The highest BCUT2D eigenvalue weighted by atomic mass is 16.5. The number of aliphatic hydroxyl groups excluding tert-OH is 1. The second-order valence-corrected chi connectivity index (χ2v) is 5.28. The Bertz CT molecular complexity index is 585. The lowest BCUT2D eigenvalue weighted by molar-refractivity contribution is 0.0902. The van der Waals surface area contributed by atoms with Gasteiger partial charge in [0.15, 0.2) is 0 Å². The lowest BCUT2D eigenvalue weighted by Crippen LogP contribution is -2.29. The maximum absolute atomic E-state index is 9.22. The molecule has 2 N–H and O–H groups in total. The Hall–Kier alpha value is -1.79. The number of hydrogen-bond acceptors (Lipinski definition) is 5. The van der Waals surface area contributed by atoms with Crippen molar-refractivity contribution in [2.24, 2.45) is 0 Å². The molecular formula is C15H21N3O3. The topological polar surface area (TPSA) is 72.5 Å². The number of anilines is 1. The fourth-order valence-corrected chi connectivity index (χ4v) is 2.63. The molecule has 1 saturated heterocycles. The van der Waals surface area contributed by atoms with Crippen LogP contribution < -0.4 is 5.32 Å². The van der Waals surface area contributed by atoms with E-state index in [4.69, 9.17) is 9.15 Å². The van der Waals surface area contributed by atoms with Crippen molar-refractivity contribution in [3.05, 3.63) is 24.2 Å². The molecule has 1 aliphatic rings. The summed E-state index contributed by atoms with van der Waals surface area (Å²) >= 11 is 0. The summed E-state index contributed by atoms with van der Waals surface area (Å²) in [4.78, 5) is 0. The third-order valence-electron chi connectivity index (χ3n) is 3.80. The van der Waals surface area contributed by atoms with Crippen LogP contribution in [0.15, 0.2) is 22.8 Å². The molecular weight excluding hydrogens is 270 g/mol. The van der Waals surface area contributed by atoms with E-state index in [0.29, 0.717) is 12.6 Å². The quantitative estimate of drug-likeness (QED) is 0.882. The van der Waals surface area contributed by atoms with E-state index in [1.807, 2.05) is 23.7 Å². The summed E-state index contributed by atoms with van der Waals surface area (Å²) in [5.74, 6) is 1.79. The Kier molecular flexibility index (Phi) is 4.26. The number of nitrogens with one attached hydrogen (secondary N) is 1. The zero-order chi connectivity index (χ0) is 14.7. The van der Waals surface area contributed by atoms with Crippen LogP contribution in [0, 0.1) is 6.92 Å². The fraction of sp³-hybridized carbons (Fsp3) is 0.533. The summed E-state index contributed by atoms with van der Waals surface area (Å²) in [5.41, 5.74) is 1.85. The Labute approximate surface area is 123 Å². The molecule has 3 rings (SSSR count). The van der Waals surface area contributed by atoms with Gasteiger partial charge in [-0.3, -0.25) is 0 Å². The highest BCUT2D eigenvalue weighted by Crippen LogP contribution is 2.26. The molecule has 1 fully saturated rings. The van der Waals surface area contributed by atoms with Crippen LogP contribution in [0.4, 0.5) is 5.82 Å². The monoisotopic (exact) mass is 291 g/mol. The van der Waals surface area contributed by atoms with Crippen LogP contribution in [0.5, 0.6) is 0 Å². The molecule has 0 amide bonds. The number of rotatable bonds is 5. The van der Waals surface area contributed by atoms with E-state index in [0.717, 1.165) is 48.9 Å². The molecule has 0 spiro atoms. The van der Waals surface area contributed by atoms with Crippen molar-refractivity contribution < 1.29 is 14.3 Å². The number of hydrogen-bond donors (Lipinski definition) is 2. The van der Waals surface area contributed by atoms with Gasteiger partial charge in [0.2, 0.25) is 0 Å². The molecule has 6 heteroatoms. The van der Waals surface area contributed by atoms with E-state index in [1.54, 1.807) is 6.26 Å². The van der Waals surface area contributed by atoms with E-state index < -0.39 is 0 Å². The van der Waals surface area contributed by atoms with Crippen LogP contribution in [0.3, 0.4) is 0 Å². The van der Waals surface area contributed by atoms with Gasteiger partial charge in [-0.25, -0.2) is 4.68 Å². The summed E-state index contributed by atoms with van der Waals surface area (Å²) < 4.78 is 12.5. The molecule has 1 aliphatic heterocycles. The van der Waals surface area contributed by atoms with Crippen molar-refractivity contribution in [2.75, 3.05) is 25.1 Å². The van der Waals surface area contributed by atoms with Gasteiger partial charge in [0, 0.05) is 30.9 Å². The van der Waals surface area contributed by atoms with E-state index in [9.17, 15) is 5.11 Å². The summed E-state index contributed by atoms with van der Waals surface area (Å²) in [5, 5.41) is 17.3. The van der Waals surface area contributed by atoms with Gasteiger partial charge in [0.25, 0.3) is 0 Å². The number of aliphatic hydroxyl groups is 1. The molecule has 0 aromatic carbocycles. The number of aromatic nitrogens is 2. The zero-order valence-corrected chi connectivity index (χ0v) is 12.2. The predicted octanol–water partition coefficient (Wildman–Crippen LogP) is 2.03. The normalized spacial score (nSPS) is 16.3. The van der Waals surface area contributed by atoms with E-state index in [-0.39, 0.29) is 6.61 Å². The van der Waals surface area contributed by atoms with E-state index >= 15 is 0 Å². The first-order valence-electron chi connectivity index (χ1n) is 7.35. The molecule has 3 heterocycles. The van der Waals surface area contributed by atoms with E-state index in [1.165, 1.54) is 0 Å². The van der Waals surface area contributed by atoms with Crippen LogP contribution in [0.1, 0.15) is 18.6 Å². The molecule has 0 aliphatic carbocycles. The van der Waals surface area contributed by atoms with Gasteiger partial charge in [-0.05, 0) is 25.8 Å². The molecule has 0 unspecified atom stereocenters. The van der Waals surface area contributed by atoms with Gasteiger partial charge in [-0.15, -0.1) is 0 Å². The van der Waals surface area contributed by atoms with Crippen molar-refractivity contribution in [1.29, 1.82) is 0 Å². The first kappa shape index (κ1) is 14.2. The van der Waals surface area contributed by atoms with Crippen molar-refractivity contribution in [2.45, 2.75) is 32.4 Å². The van der Waals surface area contributed by atoms with Crippen LogP contribution in [0.25, 0.3) is 11.3 Å². The first-order valence-corrected chi connectivity index (χ1v) is 7.35. The van der Waals surface area contributed by atoms with Gasteiger partial charge in [-0.1, -0.05) is 0 Å². The smallest absolute Gasteiger partial charge is 0.125 e. The van der Waals surface area contributed by atoms with Crippen LogP contribution in [-0.2, 0) is 11.3 Å². The molecule has 114 valence electrons. The van der Waals surface area contributed by atoms with E-state index in [2.05, 4.69) is 10.4 Å². The number of nitrogens with zero attached hydrogens (tertiary/aromatic N) is 2. The lowest BCUT2D eigenvalue weighted by atomic mass is 10.1. The van der Waals surface area contributed by atoms with Gasteiger partial charge >= 0.3 is 0 Å². The van der Waals surface area contributed by atoms with Crippen LogP contribution in [-0.4, -0.2) is 40.7 Å². The molecule has 2 aromatic rings. The van der Waals surface area contributed by atoms with Gasteiger partial charge in [0.05, 0.1) is 25.1 Å². The molecule has 0 atom stereocenters. The number of furan rings is 1. The van der Waals surface area contributed by atoms with Crippen molar-refractivity contribution in [3.8, 4) is 11.3 Å². The number of ether oxygens (including phenoxy) is 1. The summed E-state index contributed by atoms with van der Waals surface area (Å²) in [6.45, 7) is 4.04. The summed E-state index contributed by atoms with van der Waals surface area (Å²) in [7, 11) is 0. The Morgan fingerprint density at radius 1 is 1.43 bits per heavy atom. The van der Waals surface area contributed by atoms with Gasteiger partial charge in [-0.2, -0.15) is 5.10 Å². The molecule has 6 nitrogen and oxygen atoms in total. The van der Waals surface area contributed by atoms with Crippen molar-refractivity contribution in [3.63, 3.8) is 0 Å². The highest BCUT2D eigenvalue weighted by molar-refractivity contribution is 5.64. The standard InChI is InChI=1S/C15H21N3O3/c1-11-13(4-9-21-11)14-10-15(18(17-14)5-6-19)16-12-2-7-20-8-3-12/h4,9-10,12,16,19H,2-3,5-8H2,1H3. The average molecular weight is 291 g/mol. The Morgan fingerprint density at radius 2 is 2.24 bits per heavy atom. The lowest BCUT2D eigenvalue weighted by Gasteiger charge is -2.24. The minimum Gasteiger partial charge on any atom is -0.469 e. The number of aryl methyl sites for hydroxylation is 1. The SMILES string of the molecule is Cc1occc1-c1cc(NC2CCOCC2)n(CCO)n1. The minimum atomic E-state index is 0.0634. The summed E-state index contributed by atoms with van der Waals surface area (Å²) in [6, 6.07) is 4.33. The average Bonchev–Trinajstić information content (AvgIpc) is 3.07. The zero-order valence-electron chi connectivity index (χ0n) is 12.2. The maximum Gasteiger partial charge on any atom is 0.125 e. The largest absolute Gasteiger partial charge is 0.469 e. The van der Waals surface area contributed by atoms with Gasteiger partial charge in [0.1, 0.15) is 11.6 Å². The molecule has 2 aromatic heterocycles. The van der Waals surface area contributed by atoms with Crippen LogP contribution in [0.2, 0.25) is 0 Å². The molecule has 0 radical (unpaired) electrons. The molecule has 21 heavy (non-hydrogen) atoms. The van der Waals surface area contributed by atoms with Crippen molar-refractivity contribution in [1.82, 2.24) is 9.78 Å². The first-order chi connectivity index (χ1) is 10.3. The molecule has 0 saturated carbocycles. The van der Waals surface area contributed by atoms with Crippen molar-refractivity contribution >= 4 is 5.82 Å². The maximum atomic E-state index is 9.22. The Morgan fingerprint density at radius 3 is 2.90 bits per heavy atom. The van der Waals surface area contributed by atoms with Crippen LogP contribution >= 0.6 is 0 Å². The minimum absolute atomic E-state index is 0.0634. The predicted molar refractivity (Wildman–Crippen MR) is 79.2 cm³/mol. The van der Waals surface area contributed by atoms with Gasteiger partial charge < -0.3 is 19.6 Å². The second kappa shape index (κ2) is 6.32. The third kappa shape index (κ3) is 3.11. The second-order valence-electron chi connectivity index (χ2n) is 5.28. The summed E-state index contributed by atoms with van der Waals surface area (Å²) in [6.07, 6.45) is 3.65. The third-order valence-corrected chi connectivity index (χ3v) is 3.80. The highest BCUT2D eigenvalue weighted by Gasteiger charge is 2.18.